The number of aromatic nitrogens is 1. The molecule has 0 radical (unpaired) electrons. The average molecular weight is 348 g/mol. The van der Waals surface area contributed by atoms with Crippen LogP contribution in [0.2, 0.25) is 0 Å². The molecule has 0 bridgehead atoms. The van der Waals surface area contributed by atoms with Gasteiger partial charge in [0, 0.05) is 29.4 Å². The number of rotatable bonds is 5. The lowest BCUT2D eigenvalue weighted by Crippen LogP contribution is -2.22. The molecule has 0 fully saturated rings. The van der Waals surface area contributed by atoms with Crippen molar-refractivity contribution in [1.29, 1.82) is 0 Å². The second-order valence-corrected chi connectivity index (χ2v) is 5.48. The molecule has 1 aromatic carbocycles. The Morgan fingerprint density at radius 1 is 1.19 bits per heavy atom. The maximum absolute atomic E-state index is 12.3. The Morgan fingerprint density at radius 2 is 1.86 bits per heavy atom. The van der Waals surface area contributed by atoms with Crippen LogP contribution in [0.1, 0.15) is 24.2 Å². The fourth-order valence-corrected chi connectivity index (χ4v) is 2.31. The van der Waals surface area contributed by atoms with E-state index in [4.69, 9.17) is 0 Å². The van der Waals surface area contributed by atoms with E-state index in [-0.39, 0.29) is 5.91 Å². The van der Waals surface area contributed by atoms with Crippen LogP contribution in [0.5, 0.6) is 0 Å². The minimum Gasteiger partial charge on any atom is -0.371 e. The highest BCUT2D eigenvalue weighted by atomic mass is 79.9. The van der Waals surface area contributed by atoms with Crippen molar-refractivity contribution in [3.63, 3.8) is 0 Å². The van der Waals surface area contributed by atoms with Gasteiger partial charge in [-0.25, -0.2) is 0 Å². The summed E-state index contributed by atoms with van der Waals surface area (Å²) in [6.45, 7) is 5.93. The summed E-state index contributed by atoms with van der Waals surface area (Å²) in [6, 6.07) is 9.35. The Labute approximate surface area is 133 Å². The zero-order valence-corrected chi connectivity index (χ0v) is 13.7. The van der Waals surface area contributed by atoms with Gasteiger partial charge in [0.1, 0.15) is 0 Å². The van der Waals surface area contributed by atoms with Crippen molar-refractivity contribution < 1.29 is 4.79 Å². The van der Waals surface area contributed by atoms with E-state index in [0.717, 1.165) is 28.9 Å². The molecule has 0 aliphatic heterocycles. The highest BCUT2D eigenvalue weighted by molar-refractivity contribution is 9.10. The number of carbonyl (C=O) groups excluding carboxylic acids is 1. The van der Waals surface area contributed by atoms with Crippen molar-refractivity contribution in [2.24, 2.45) is 0 Å². The molecule has 0 atom stereocenters. The Morgan fingerprint density at radius 3 is 2.48 bits per heavy atom. The largest absolute Gasteiger partial charge is 0.371 e. The van der Waals surface area contributed by atoms with E-state index >= 15 is 0 Å². The van der Waals surface area contributed by atoms with Gasteiger partial charge in [0.15, 0.2) is 0 Å². The van der Waals surface area contributed by atoms with E-state index in [1.54, 1.807) is 12.4 Å². The van der Waals surface area contributed by atoms with Crippen LogP contribution in [0.3, 0.4) is 0 Å². The predicted octanol–water partition coefficient (Wildman–Crippen LogP) is 3.94. The second kappa shape index (κ2) is 7.22. The van der Waals surface area contributed by atoms with Crippen molar-refractivity contribution in [3.8, 4) is 0 Å². The maximum Gasteiger partial charge on any atom is 0.257 e. The summed E-state index contributed by atoms with van der Waals surface area (Å²) < 4.78 is 0.977. The Bertz CT molecular complexity index is 609. The predicted molar refractivity (Wildman–Crippen MR) is 89.9 cm³/mol. The van der Waals surface area contributed by atoms with Crippen molar-refractivity contribution >= 4 is 33.2 Å². The first kappa shape index (κ1) is 15.5. The molecule has 110 valence electrons. The number of carbonyl (C=O) groups is 1. The van der Waals surface area contributed by atoms with Gasteiger partial charge in [-0.3, -0.25) is 9.78 Å². The van der Waals surface area contributed by atoms with Crippen molar-refractivity contribution in [2.75, 3.05) is 23.3 Å². The smallest absolute Gasteiger partial charge is 0.257 e. The molecule has 0 saturated carbocycles. The van der Waals surface area contributed by atoms with Gasteiger partial charge < -0.3 is 10.2 Å². The lowest BCUT2D eigenvalue weighted by atomic mass is 10.2. The van der Waals surface area contributed by atoms with Crippen LogP contribution in [0.4, 0.5) is 11.4 Å². The molecule has 2 rings (SSSR count). The van der Waals surface area contributed by atoms with E-state index in [2.05, 4.69) is 45.0 Å². The first-order valence-electron chi connectivity index (χ1n) is 6.91. The summed E-state index contributed by atoms with van der Waals surface area (Å²) >= 11 is 3.37. The first-order chi connectivity index (χ1) is 10.1. The molecule has 2 aromatic rings. The molecule has 1 N–H and O–H groups in total. The molecule has 1 heterocycles. The van der Waals surface area contributed by atoms with Gasteiger partial charge in [0.2, 0.25) is 0 Å². The zero-order valence-electron chi connectivity index (χ0n) is 12.1. The monoisotopic (exact) mass is 347 g/mol. The first-order valence-corrected chi connectivity index (χ1v) is 7.70. The third-order valence-corrected chi connectivity index (χ3v) is 3.75. The minimum atomic E-state index is -0.154. The molecule has 4 nitrogen and oxygen atoms in total. The molecule has 0 saturated heterocycles. The summed E-state index contributed by atoms with van der Waals surface area (Å²) in [5.41, 5.74) is 2.28. The molecular formula is C16H18BrN3O. The fraction of sp³-hybridized carbons (Fsp3) is 0.250. The molecular weight excluding hydrogens is 330 g/mol. The van der Waals surface area contributed by atoms with Crippen molar-refractivity contribution in [2.45, 2.75) is 13.8 Å². The van der Waals surface area contributed by atoms with Crippen LogP contribution in [-0.2, 0) is 0 Å². The zero-order chi connectivity index (χ0) is 15.2. The fourth-order valence-electron chi connectivity index (χ4n) is 2.05. The highest BCUT2D eigenvalue weighted by Gasteiger charge is 2.10. The van der Waals surface area contributed by atoms with Crippen LogP contribution in [0, 0.1) is 0 Å². The summed E-state index contributed by atoms with van der Waals surface area (Å²) in [6.07, 6.45) is 3.37. The number of hydrogen-bond acceptors (Lipinski definition) is 3. The molecule has 5 heteroatoms. The van der Waals surface area contributed by atoms with Gasteiger partial charge >= 0.3 is 0 Å². The van der Waals surface area contributed by atoms with E-state index in [1.165, 1.54) is 0 Å². The summed E-state index contributed by atoms with van der Waals surface area (Å²) in [5.74, 6) is -0.154. The number of nitrogens with zero attached hydrogens (tertiary/aromatic N) is 2. The Kier molecular flexibility index (Phi) is 5.33. The molecule has 1 aromatic heterocycles. The van der Waals surface area contributed by atoms with E-state index in [0.29, 0.717) is 5.56 Å². The number of benzene rings is 1. The third-order valence-electron chi connectivity index (χ3n) is 3.22. The normalized spacial score (nSPS) is 10.2. The Balaban J connectivity index is 2.15. The van der Waals surface area contributed by atoms with Crippen LogP contribution in [-0.4, -0.2) is 24.0 Å². The number of halogens is 1. The van der Waals surface area contributed by atoms with E-state index < -0.39 is 0 Å². The summed E-state index contributed by atoms with van der Waals surface area (Å²) in [5, 5.41) is 2.87. The lowest BCUT2D eigenvalue weighted by Gasteiger charge is -2.20. The van der Waals surface area contributed by atoms with E-state index in [9.17, 15) is 4.79 Å². The van der Waals surface area contributed by atoms with Gasteiger partial charge in [0.05, 0.1) is 17.4 Å². The topological polar surface area (TPSA) is 45.2 Å². The third kappa shape index (κ3) is 4.04. The number of hydrogen-bond donors (Lipinski definition) is 1. The van der Waals surface area contributed by atoms with Gasteiger partial charge in [-0.2, -0.15) is 0 Å². The Hall–Kier alpha value is -1.88. The number of anilines is 2. The summed E-state index contributed by atoms with van der Waals surface area (Å²) in [4.78, 5) is 18.6. The maximum atomic E-state index is 12.3. The highest BCUT2D eigenvalue weighted by Crippen LogP contribution is 2.17. The van der Waals surface area contributed by atoms with Gasteiger partial charge in [-0.05, 0) is 44.2 Å². The standard InChI is InChI=1S/C16H18BrN3O/c1-3-20(4-2)15-9-12(10-18-11-15)16(21)19-14-7-5-13(17)6-8-14/h5-11H,3-4H2,1-2H3,(H,19,21). The van der Waals surface area contributed by atoms with Crippen LogP contribution < -0.4 is 10.2 Å². The molecule has 0 unspecified atom stereocenters. The number of pyridine rings is 1. The average Bonchev–Trinajstić information content (AvgIpc) is 2.51. The number of amides is 1. The SMILES string of the molecule is CCN(CC)c1cncc(C(=O)Nc2ccc(Br)cc2)c1. The van der Waals surface area contributed by atoms with Crippen LogP contribution in [0.15, 0.2) is 47.2 Å². The van der Waals surface area contributed by atoms with E-state index in [1.807, 2.05) is 30.3 Å². The molecule has 21 heavy (non-hydrogen) atoms. The van der Waals surface area contributed by atoms with Gasteiger partial charge in [0.25, 0.3) is 5.91 Å². The van der Waals surface area contributed by atoms with Crippen LogP contribution >= 0.6 is 15.9 Å². The van der Waals surface area contributed by atoms with Gasteiger partial charge in [-0.1, -0.05) is 15.9 Å². The van der Waals surface area contributed by atoms with Crippen molar-refractivity contribution in [3.05, 3.63) is 52.8 Å². The molecule has 0 aliphatic rings. The lowest BCUT2D eigenvalue weighted by molar-refractivity contribution is 0.102. The van der Waals surface area contributed by atoms with Crippen LogP contribution in [0.25, 0.3) is 0 Å². The quantitative estimate of drug-likeness (QED) is 0.890. The second-order valence-electron chi connectivity index (χ2n) is 4.57. The minimum absolute atomic E-state index is 0.154. The summed E-state index contributed by atoms with van der Waals surface area (Å²) in [7, 11) is 0. The van der Waals surface area contributed by atoms with Crippen molar-refractivity contribution in [1.82, 2.24) is 4.98 Å². The number of nitrogens with one attached hydrogen (secondary N) is 1. The van der Waals surface area contributed by atoms with Gasteiger partial charge in [-0.15, -0.1) is 0 Å². The molecule has 0 spiro atoms. The molecule has 1 amide bonds. The molecule has 0 aliphatic carbocycles.